The van der Waals surface area contributed by atoms with E-state index < -0.39 is 0 Å². The van der Waals surface area contributed by atoms with Crippen LogP contribution in [0.25, 0.3) is 0 Å². The molecule has 0 saturated carbocycles. The van der Waals surface area contributed by atoms with Crippen LogP contribution in [0.3, 0.4) is 0 Å². The molecule has 1 rings (SSSR count). The van der Waals surface area contributed by atoms with Crippen molar-refractivity contribution in [2.45, 2.75) is 44.7 Å². The van der Waals surface area contributed by atoms with Gasteiger partial charge in [-0.05, 0) is 32.7 Å². The van der Waals surface area contributed by atoms with Crippen LogP contribution in [0.1, 0.15) is 32.6 Å². The first-order chi connectivity index (χ1) is 6.18. The van der Waals surface area contributed by atoms with Crippen molar-refractivity contribution < 1.29 is 0 Å². The Labute approximate surface area is 81.8 Å². The fourth-order valence-corrected chi connectivity index (χ4v) is 2.05. The quantitative estimate of drug-likeness (QED) is 0.639. The predicted molar refractivity (Wildman–Crippen MR) is 56.5 cm³/mol. The number of piperidine rings is 1. The summed E-state index contributed by atoms with van der Waals surface area (Å²) < 4.78 is 0. The Morgan fingerprint density at radius 3 is 2.77 bits per heavy atom. The van der Waals surface area contributed by atoms with E-state index in [0.717, 1.165) is 6.04 Å². The maximum Gasteiger partial charge on any atom is 0.0201 e. The Hall–Kier alpha value is -0.120. The van der Waals surface area contributed by atoms with E-state index in [1.165, 1.54) is 32.2 Å². The summed E-state index contributed by atoms with van der Waals surface area (Å²) in [5.41, 5.74) is 3.38. The van der Waals surface area contributed by atoms with Crippen LogP contribution in [0.2, 0.25) is 0 Å². The van der Waals surface area contributed by atoms with Gasteiger partial charge in [-0.1, -0.05) is 6.42 Å². The van der Waals surface area contributed by atoms with Crippen molar-refractivity contribution in [2.75, 3.05) is 20.6 Å². The molecule has 1 aliphatic rings. The maximum atomic E-state index is 3.56. The van der Waals surface area contributed by atoms with Crippen molar-refractivity contribution in [3.8, 4) is 0 Å². The Balaban J connectivity index is 2.14. The van der Waals surface area contributed by atoms with Crippen LogP contribution in [0, 0.1) is 0 Å². The molecule has 0 spiro atoms. The molecule has 78 valence electrons. The van der Waals surface area contributed by atoms with E-state index in [1.54, 1.807) is 0 Å². The average Bonchev–Trinajstić information content (AvgIpc) is 2.04. The minimum absolute atomic E-state index is 0.575. The first-order valence-electron chi connectivity index (χ1n) is 5.35. The van der Waals surface area contributed by atoms with E-state index in [2.05, 4.69) is 17.7 Å². The molecular weight excluding hydrogens is 162 g/mol. The lowest BCUT2D eigenvalue weighted by Gasteiger charge is -2.28. The van der Waals surface area contributed by atoms with E-state index in [9.17, 15) is 0 Å². The second-order valence-corrected chi connectivity index (χ2v) is 4.31. The number of hydrogen-bond acceptors (Lipinski definition) is 3. The van der Waals surface area contributed by atoms with Crippen molar-refractivity contribution in [2.24, 2.45) is 0 Å². The highest BCUT2D eigenvalue weighted by molar-refractivity contribution is 4.76. The van der Waals surface area contributed by atoms with Crippen molar-refractivity contribution >= 4 is 0 Å². The zero-order valence-corrected chi connectivity index (χ0v) is 9.14. The molecule has 1 heterocycles. The molecule has 0 aromatic carbocycles. The summed E-state index contributed by atoms with van der Waals surface area (Å²) in [6.07, 6.45) is 5.33. The first kappa shape index (κ1) is 11.0. The molecule has 2 unspecified atom stereocenters. The Bertz CT molecular complexity index is 130. The van der Waals surface area contributed by atoms with Crippen LogP contribution in [0.4, 0.5) is 0 Å². The molecule has 3 heteroatoms. The summed E-state index contributed by atoms with van der Waals surface area (Å²) in [7, 11) is 4.09. The molecule has 0 amide bonds. The highest BCUT2D eigenvalue weighted by Gasteiger charge is 2.15. The normalized spacial score (nSPS) is 26.3. The molecule has 0 aliphatic carbocycles. The molecule has 1 fully saturated rings. The third-order valence-electron chi connectivity index (χ3n) is 2.53. The molecule has 3 nitrogen and oxygen atoms in total. The number of hydrazine groups is 1. The SMILES string of the molecule is CC(CC1CCCCN1)NN(C)C. The lowest BCUT2D eigenvalue weighted by molar-refractivity contribution is 0.224. The summed E-state index contributed by atoms with van der Waals surface area (Å²) in [5.74, 6) is 0. The minimum Gasteiger partial charge on any atom is -0.314 e. The third kappa shape index (κ3) is 4.60. The van der Waals surface area contributed by atoms with Gasteiger partial charge in [0.2, 0.25) is 0 Å². The van der Waals surface area contributed by atoms with Gasteiger partial charge in [-0.15, -0.1) is 0 Å². The van der Waals surface area contributed by atoms with Gasteiger partial charge in [0.05, 0.1) is 0 Å². The molecule has 0 aromatic heterocycles. The molecule has 0 aromatic rings. The Morgan fingerprint density at radius 2 is 2.23 bits per heavy atom. The summed E-state index contributed by atoms with van der Waals surface area (Å²) in [6.45, 7) is 3.45. The topological polar surface area (TPSA) is 27.3 Å². The molecular formula is C10H23N3. The molecule has 13 heavy (non-hydrogen) atoms. The summed E-state index contributed by atoms with van der Waals surface area (Å²) in [6, 6.07) is 1.31. The lowest BCUT2D eigenvalue weighted by atomic mass is 9.99. The van der Waals surface area contributed by atoms with Gasteiger partial charge in [0, 0.05) is 26.2 Å². The van der Waals surface area contributed by atoms with Crippen molar-refractivity contribution in [3.05, 3.63) is 0 Å². The van der Waals surface area contributed by atoms with E-state index >= 15 is 0 Å². The highest BCUT2D eigenvalue weighted by atomic mass is 15.5. The average molecular weight is 185 g/mol. The molecule has 1 saturated heterocycles. The zero-order valence-electron chi connectivity index (χ0n) is 9.14. The largest absolute Gasteiger partial charge is 0.314 e. The summed E-state index contributed by atoms with van der Waals surface area (Å²) in [5, 5.41) is 5.60. The first-order valence-corrected chi connectivity index (χ1v) is 5.35. The second-order valence-electron chi connectivity index (χ2n) is 4.31. The van der Waals surface area contributed by atoms with Crippen LogP contribution in [0.5, 0.6) is 0 Å². The number of nitrogens with one attached hydrogen (secondary N) is 2. The third-order valence-corrected chi connectivity index (χ3v) is 2.53. The van der Waals surface area contributed by atoms with E-state index in [4.69, 9.17) is 0 Å². The Kier molecular flexibility index (Phi) is 4.70. The smallest absolute Gasteiger partial charge is 0.0201 e. The second kappa shape index (κ2) is 5.58. The zero-order chi connectivity index (χ0) is 9.68. The fourth-order valence-electron chi connectivity index (χ4n) is 2.05. The molecule has 1 aliphatic heterocycles. The fraction of sp³-hybridized carbons (Fsp3) is 1.00. The number of nitrogens with zero attached hydrogens (tertiary/aromatic N) is 1. The maximum absolute atomic E-state index is 3.56. The highest BCUT2D eigenvalue weighted by Crippen LogP contribution is 2.11. The lowest BCUT2D eigenvalue weighted by Crippen LogP contribution is -2.43. The van der Waals surface area contributed by atoms with Gasteiger partial charge >= 0.3 is 0 Å². The van der Waals surface area contributed by atoms with Crippen LogP contribution in [-0.2, 0) is 0 Å². The van der Waals surface area contributed by atoms with E-state index in [-0.39, 0.29) is 0 Å². The number of rotatable bonds is 4. The van der Waals surface area contributed by atoms with Crippen LogP contribution in [-0.4, -0.2) is 37.7 Å². The van der Waals surface area contributed by atoms with Crippen molar-refractivity contribution in [1.29, 1.82) is 0 Å². The van der Waals surface area contributed by atoms with Crippen LogP contribution < -0.4 is 10.7 Å². The van der Waals surface area contributed by atoms with Crippen LogP contribution in [0.15, 0.2) is 0 Å². The molecule has 0 radical (unpaired) electrons. The van der Waals surface area contributed by atoms with Gasteiger partial charge < -0.3 is 5.32 Å². The van der Waals surface area contributed by atoms with E-state index in [0.29, 0.717) is 6.04 Å². The Morgan fingerprint density at radius 1 is 1.46 bits per heavy atom. The summed E-state index contributed by atoms with van der Waals surface area (Å²) >= 11 is 0. The van der Waals surface area contributed by atoms with Crippen LogP contribution >= 0.6 is 0 Å². The van der Waals surface area contributed by atoms with Crippen molar-refractivity contribution in [3.63, 3.8) is 0 Å². The van der Waals surface area contributed by atoms with Crippen molar-refractivity contribution in [1.82, 2.24) is 15.8 Å². The predicted octanol–water partition coefficient (Wildman–Crippen LogP) is 0.973. The van der Waals surface area contributed by atoms with Gasteiger partial charge in [-0.2, -0.15) is 0 Å². The number of hydrogen-bond donors (Lipinski definition) is 2. The van der Waals surface area contributed by atoms with Gasteiger partial charge in [-0.25, -0.2) is 0 Å². The standard InChI is InChI=1S/C10H23N3/c1-9(12-13(2)3)8-10-6-4-5-7-11-10/h9-12H,4-8H2,1-3H3. The van der Waals surface area contributed by atoms with Gasteiger partial charge in [0.15, 0.2) is 0 Å². The molecule has 2 atom stereocenters. The molecule has 0 bridgehead atoms. The van der Waals surface area contributed by atoms with E-state index in [1.807, 2.05) is 19.1 Å². The minimum atomic E-state index is 0.575. The van der Waals surface area contributed by atoms with Gasteiger partial charge in [-0.3, -0.25) is 10.4 Å². The summed E-state index contributed by atoms with van der Waals surface area (Å²) in [4.78, 5) is 0. The molecule has 2 N–H and O–H groups in total. The monoisotopic (exact) mass is 185 g/mol. The van der Waals surface area contributed by atoms with Gasteiger partial charge in [0.25, 0.3) is 0 Å². The van der Waals surface area contributed by atoms with Gasteiger partial charge in [0.1, 0.15) is 0 Å².